The smallest absolute Gasteiger partial charge is 0.329 e. The van der Waals surface area contributed by atoms with Crippen molar-refractivity contribution < 1.29 is 14.3 Å². The fourth-order valence-corrected chi connectivity index (χ4v) is 3.23. The number of para-hydroxylation sites is 2. The molecule has 26 heavy (non-hydrogen) atoms. The van der Waals surface area contributed by atoms with Crippen LogP contribution >= 0.6 is 0 Å². The summed E-state index contributed by atoms with van der Waals surface area (Å²) in [5, 5.41) is 9.61. The van der Waals surface area contributed by atoms with Gasteiger partial charge in [-0.15, -0.1) is 0 Å². The third kappa shape index (κ3) is 3.60. The van der Waals surface area contributed by atoms with Crippen LogP contribution in [0.2, 0.25) is 0 Å². The lowest BCUT2D eigenvalue weighted by molar-refractivity contribution is -0.143. The van der Waals surface area contributed by atoms with Gasteiger partial charge in [-0.3, -0.25) is 4.79 Å². The summed E-state index contributed by atoms with van der Waals surface area (Å²) >= 11 is 0. The quantitative estimate of drug-likeness (QED) is 0.779. The summed E-state index contributed by atoms with van der Waals surface area (Å²) in [6.07, 6.45) is 0.0333. The van der Waals surface area contributed by atoms with E-state index in [2.05, 4.69) is 4.98 Å². The summed E-state index contributed by atoms with van der Waals surface area (Å²) in [6.45, 7) is 7.13. The summed E-state index contributed by atoms with van der Waals surface area (Å²) in [4.78, 5) is 23.7. The van der Waals surface area contributed by atoms with Gasteiger partial charge in [-0.2, -0.15) is 5.26 Å². The van der Waals surface area contributed by atoms with Crippen LogP contribution < -0.4 is 4.90 Å². The average molecular weight is 354 g/mol. The minimum atomic E-state index is -1.12. The Morgan fingerprint density at radius 3 is 2.50 bits per heavy atom. The van der Waals surface area contributed by atoms with Crippen LogP contribution in [-0.4, -0.2) is 47.8 Å². The second-order valence-corrected chi connectivity index (χ2v) is 6.40. The summed E-state index contributed by atoms with van der Waals surface area (Å²) in [5.74, 6) is -1.17. The molecular weight excluding hydrogens is 332 g/mol. The van der Waals surface area contributed by atoms with Crippen molar-refractivity contribution in [3.8, 4) is 6.07 Å². The maximum absolute atomic E-state index is 12.3. The molecule has 0 radical (unpaired) electrons. The van der Waals surface area contributed by atoms with Crippen molar-refractivity contribution in [3.05, 3.63) is 30.0 Å². The number of ether oxygens (including phenoxy) is 2. The molecule has 0 unspecified atom stereocenters. The van der Waals surface area contributed by atoms with Crippen molar-refractivity contribution in [3.63, 3.8) is 0 Å². The first kappa shape index (κ1) is 18.1. The van der Waals surface area contributed by atoms with Crippen LogP contribution in [0.25, 0.3) is 11.0 Å². The maximum atomic E-state index is 12.3. The van der Waals surface area contributed by atoms with Crippen LogP contribution in [0.15, 0.2) is 24.3 Å². The van der Waals surface area contributed by atoms with E-state index < -0.39 is 11.9 Å². The molecule has 136 valence electrons. The summed E-state index contributed by atoms with van der Waals surface area (Å²) in [5.41, 5.74) is 1.70. The van der Waals surface area contributed by atoms with Gasteiger partial charge in [0.15, 0.2) is 11.7 Å². The Bertz CT molecular complexity index is 838. The second-order valence-electron chi connectivity index (χ2n) is 6.40. The Balaban J connectivity index is 2.13. The second kappa shape index (κ2) is 7.67. The van der Waals surface area contributed by atoms with Crippen LogP contribution in [0.3, 0.4) is 0 Å². The fourth-order valence-electron chi connectivity index (χ4n) is 3.23. The van der Waals surface area contributed by atoms with Crippen molar-refractivity contribution in [1.29, 1.82) is 5.26 Å². The van der Waals surface area contributed by atoms with Gasteiger partial charge in [0, 0.05) is 13.1 Å². The first-order chi connectivity index (χ1) is 12.5. The molecule has 0 spiro atoms. The number of aromatic nitrogens is 2. The van der Waals surface area contributed by atoms with Crippen molar-refractivity contribution in [2.45, 2.75) is 38.9 Å². The lowest BCUT2D eigenvalue weighted by Gasteiger charge is -2.37. The normalized spacial score (nSPS) is 21.2. The van der Waals surface area contributed by atoms with Crippen molar-refractivity contribution in [2.24, 2.45) is 0 Å². The number of carbonyl (C=O) groups excluding carboxylic acids is 1. The molecule has 1 aromatic carbocycles. The van der Waals surface area contributed by atoms with Gasteiger partial charge in [-0.05, 0) is 32.9 Å². The summed E-state index contributed by atoms with van der Waals surface area (Å²) < 4.78 is 10.9. The number of hydrogen-bond acceptors (Lipinski definition) is 7. The third-order valence-electron chi connectivity index (χ3n) is 4.22. The standard InChI is InChI=1S/C19H22N4O3/c1-4-25-19(24)14(9-20)17-18(23-10-12(2)26-13(3)11-23)22-16-8-6-5-7-15(16)21-17/h5-8,12-14H,4,10-11H2,1-3H3/t12-,13-,14-/m1/s1. The molecule has 0 N–H and O–H groups in total. The van der Waals surface area contributed by atoms with Gasteiger partial charge < -0.3 is 14.4 Å². The van der Waals surface area contributed by atoms with Crippen LogP contribution in [0.5, 0.6) is 0 Å². The lowest BCUT2D eigenvalue weighted by Crippen LogP contribution is -2.46. The predicted molar refractivity (Wildman–Crippen MR) is 96.7 cm³/mol. The molecule has 3 atom stereocenters. The predicted octanol–water partition coefficient (Wildman–Crippen LogP) is 2.41. The minimum Gasteiger partial charge on any atom is -0.465 e. The zero-order chi connectivity index (χ0) is 18.7. The van der Waals surface area contributed by atoms with E-state index in [9.17, 15) is 10.1 Å². The van der Waals surface area contributed by atoms with Gasteiger partial charge in [-0.1, -0.05) is 12.1 Å². The molecular formula is C19H22N4O3. The van der Waals surface area contributed by atoms with E-state index >= 15 is 0 Å². The largest absolute Gasteiger partial charge is 0.465 e. The van der Waals surface area contributed by atoms with E-state index in [4.69, 9.17) is 14.5 Å². The number of rotatable bonds is 4. The van der Waals surface area contributed by atoms with Crippen LogP contribution in [0.1, 0.15) is 32.4 Å². The zero-order valence-electron chi connectivity index (χ0n) is 15.2. The first-order valence-corrected chi connectivity index (χ1v) is 8.76. The highest BCUT2D eigenvalue weighted by atomic mass is 16.5. The topological polar surface area (TPSA) is 88.3 Å². The van der Waals surface area contributed by atoms with Gasteiger partial charge in [0.05, 0.1) is 35.9 Å². The Morgan fingerprint density at radius 2 is 1.92 bits per heavy atom. The Kier molecular flexibility index (Phi) is 5.33. The van der Waals surface area contributed by atoms with E-state index in [1.807, 2.05) is 49.1 Å². The molecule has 2 heterocycles. The summed E-state index contributed by atoms with van der Waals surface area (Å²) in [7, 11) is 0. The van der Waals surface area contributed by atoms with Gasteiger partial charge in [-0.25, -0.2) is 9.97 Å². The number of anilines is 1. The average Bonchev–Trinajstić information content (AvgIpc) is 2.61. The van der Waals surface area contributed by atoms with E-state index in [0.717, 1.165) is 5.52 Å². The number of morpholine rings is 1. The van der Waals surface area contributed by atoms with E-state index in [0.29, 0.717) is 30.1 Å². The molecule has 3 rings (SSSR count). The molecule has 0 amide bonds. The molecule has 1 aliphatic heterocycles. The highest BCUT2D eigenvalue weighted by Crippen LogP contribution is 2.29. The van der Waals surface area contributed by atoms with Gasteiger partial charge in [0.1, 0.15) is 5.69 Å². The number of esters is 1. The molecule has 1 aromatic heterocycles. The molecule has 1 saturated heterocycles. The number of nitriles is 1. The SMILES string of the molecule is CCOC(=O)[C@H](C#N)c1nc2ccccc2nc1N1C[C@@H](C)O[C@H](C)C1. The molecule has 0 aliphatic carbocycles. The highest BCUT2D eigenvalue weighted by molar-refractivity contribution is 5.85. The van der Waals surface area contributed by atoms with E-state index in [-0.39, 0.29) is 18.8 Å². The summed E-state index contributed by atoms with van der Waals surface area (Å²) in [6, 6.07) is 9.46. The van der Waals surface area contributed by atoms with Gasteiger partial charge in [0.2, 0.25) is 0 Å². The maximum Gasteiger partial charge on any atom is 0.329 e. The molecule has 7 heteroatoms. The van der Waals surface area contributed by atoms with Crippen LogP contribution in [0.4, 0.5) is 5.82 Å². The lowest BCUT2D eigenvalue weighted by atomic mass is 10.1. The minimum absolute atomic E-state index is 0.0167. The molecule has 2 aromatic rings. The first-order valence-electron chi connectivity index (χ1n) is 8.76. The Hall–Kier alpha value is -2.72. The number of carbonyl (C=O) groups is 1. The molecule has 7 nitrogen and oxygen atoms in total. The van der Waals surface area contributed by atoms with Crippen molar-refractivity contribution in [2.75, 3.05) is 24.6 Å². The molecule has 1 fully saturated rings. The number of nitrogens with zero attached hydrogens (tertiary/aromatic N) is 4. The number of benzene rings is 1. The van der Waals surface area contributed by atoms with Gasteiger partial charge >= 0.3 is 5.97 Å². The third-order valence-corrected chi connectivity index (χ3v) is 4.22. The Labute approximate surface area is 152 Å². The monoisotopic (exact) mass is 354 g/mol. The molecule has 1 aliphatic rings. The number of fused-ring (bicyclic) bond motifs is 1. The number of hydrogen-bond donors (Lipinski definition) is 0. The van der Waals surface area contributed by atoms with E-state index in [1.54, 1.807) is 6.92 Å². The van der Waals surface area contributed by atoms with E-state index in [1.165, 1.54) is 0 Å². The fraction of sp³-hybridized carbons (Fsp3) is 0.474. The molecule has 0 bridgehead atoms. The Morgan fingerprint density at radius 1 is 1.31 bits per heavy atom. The zero-order valence-corrected chi connectivity index (χ0v) is 15.2. The van der Waals surface area contributed by atoms with Gasteiger partial charge in [0.25, 0.3) is 0 Å². The van der Waals surface area contributed by atoms with Crippen molar-refractivity contribution >= 4 is 22.8 Å². The van der Waals surface area contributed by atoms with Crippen molar-refractivity contribution in [1.82, 2.24) is 9.97 Å². The van der Waals surface area contributed by atoms with Crippen LogP contribution in [0, 0.1) is 11.3 Å². The van der Waals surface area contributed by atoms with Crippen LogP contribution in [-0.2, 0) is 14.3 Å². The highest BCUT2D eigenvalue weighted by Gasteiger charge is 2.32. The molecule has 0 saturated carbocycles.